The molecular weight excluding hydrogens is 242 g/mol. The van der Waals surface area contributed by atoms with Crippen LogP contribution in [0.25, 0.3) is 0 Å². The van der Waals surface area contributed by atoms with Gasteiger partial charge in [-0.15, -0.1) is 11.3 Å². The van der Waals surface area contributed by atoms with Crippen LogP contribution in [0.5, 0.6) is 0 Å². The number of rotatable bonds is 5. The smallest absolute Gasteiger partial charge is 0.0302 e. The molecule has 1 atom stereocenters. The van der Waals surface area contributed by atoms with Gasteiger partial charge in [-0.1, -0.05) is 0 Å². The van der Waals surface area contributed by atoms with Crippen molar-refractivity contribution in [3.05, 3.63) is 21.9 Å². The Labute approximate surface area is 115 Å². The number of nitrogens with one attached hydrogen (secondary N) is 1. The van der Waals surface area contributed by atoms with Crippen LogP contribution in [0.1, 0.15) is 17.4 Å². The minimum Gasteiger partial charge on any atom is -0.311 e. The standard InChI is InChI=1S/C14H25N3S/c1-12-4-9-18-14(12)10-15-5-6-17-8-7-16(3)11-13(17)2/h4,9,13,15H,5-8,10-11H2,1-3H3. The number of aryl methyl sites for hydroxylation is 1. The Morgan fingerprint density at radius 3 is 2.94 bits per heavy atom. The van der Waals surface area contributed by atoms with Crippen LogP contribution in [-0.4, -0.2) is 55.6 Å². The third-order valence-electron chi connectivity index (χ3n) is 3.80. The SMILES string of the molecule is Cc1ccsc1CNCCN1CCN(C)CC1C. The molecule has 2 heterocycles. The number of hydrogen-bond acceptors (Lipinski definition) is 4. The van der Waals surface area contributed by atoms with Crippen molar-refractivity contribution in [2.24, 2.45) is 0 Å². The van der Waals surface area contributed by atoms with Gasteiger partial charge in [0.25, 0.3) is 0 Å². The molecular formula is C14H25N3S. The minimum absolute atomic E-state index is 0.689. The van der Waals surface area contributed by atoms with Crippen molar-refractivity contribution in [1.82, 2.24) is 15.1 Å². The molecule has 1 N–H and O–H groups in total. The first-order chi connectivity index (χ1) is 8.66. The van der Waals surface area contributed by atoms with E-state index in [0.29, 0.717) is 6.04 Å². The van der Waals surface area contributed by atoms with Crippen molar-refractivity contribution in [3.8, 4) is 0 Å². The maximum atomic E-state index is 3.56. The average Bonchev–Trinajstić information content (AvgIpc) is 2.73. The maximum Gasteiger partial charge on any atom is 0.0302 e. The molecule has 1 aromatic heterocycles. The number of likely N-dealkylation sites (N-methyl/N-ethyl adjacent to an activating group) is 1. The molecule has 1 saturated heterocycles. The van der Waals surface area contributed by atoms with Gasteiger partial charge in [-0.25, -0.2) is 0 Å². The number of hydrogen-bond donors (Lipinski definition) is 1. The summed E-state index contributed by atoms with van der Waals surface area (Å²) < 4.78 is 0. The number of thiophene rings is 1. The third-order valence-corrected chi connectivity index (χ3v) is 4.82. The quantitative estimate of drug-likeness (QED) is 0.821. The number of piperazine rings is 1. The van der Waals surface area contributed by atoms with E-state index in [1.165, 1.54) is 36.6 Å². The lowest BCUT2D eigenvalue weighted by molar-refractivity contribution is 0.101. The molecule has 1 unspecified atom stereocenters. The molecule has 1 fully saturated rings. The largest absolute Gasteiger partial charge is 0.311 e. The van der Waals surface area contributed by atoms with Gasteiger partial charge >= 0.3 is 0 Å². The number of nitrogens with zero attached hydrogens (tertiary/aromatic N) is 2. The highest BCUT2D eigenvalue weighted by molar-refractivity contribution is 7.10. The lowest BCUT2D eigenvalue weighted by atomic mass is 10.2. The molecule has 18 heavy (non-hydrogen) atoms. The van der Waals surface area contributed by atoms with Crippen molar-refractivity contribution in [1.29, 1.82) is 0 Å². The van der Waals surface area contributed by atoms with E-state index < -0.39 is 0 Å². The highest BCUT2D eigenvalue weighted by atomic mass is 32.1. The molecule has 0 radical (unpaired) electrons. The van der Waals surface area contributed by atoms with Gasteiger partial charge in [0.2, 0.25) is 0 Å². The first-order valence-corrected chi connectivity index (χ1v) is 7.71. The second kappa shape index (κ2) is 6.66. The van der Waals surface area contributed by atoms with Crippen LogP contribution in [0.4, 0.5) is 0 Å². The lowest BCUT2D eigenvalue weighted by Crippen LogP contribution is -2.51. The summed E-state index contributed by atoms with van der Waals surface area (Å²) in [6.45, 7) is 11.4. The van der Waals surface area contributed by atoms with E-state index in [2.05, 4.69) is 47.5 Å². The van der Waals surface area contributed by atoms with E-state index in [1.807, 2.05) is 11.3 Å². The van der Waals surface area contributed by atoms with Crippen LogP contribution in [0.3, 0.4) is 0 Å². The average molecular weight is 267 g/mol. The van der Waals surface area contributed by atoms with E-state index in [-0.39, 0.29) is 0 Å². The first kappa shape index (κ1) is 14.0. The van der Waals surface area contributed by atoms with Gasteiger partial charge in [-0.05, 0) is 37.9 Å². The van der Waals surface area contributed by atoms with Gasteiger partial charge in [0, 0.05) is 50.2 Å². The molecule has 4 heteroatoms. The van der Waals surface area contributed by atoms with Crippen molar-refractivity contribution >= 4 is 11.3 Å². The highest BCUT2D eigenvalue weighted by Gasteiger charge is 2.20. The van der Waals surface area contributed by atoms with E-state index in [1.54, 1.807) is 0 Å². The van der Waals surface area contributed by atoms with Gasteiger partial charge in [-0.2, -0.15) is 0 Å². The zero-order valence-corrected chi connectivity index (χ0v) is 12.6. The second-order valence-electron chi connectivity index (χ2n) is 5.35. The molecule has 1 aromatic rings. The molecule has 0 aromatic carbocycles. The third kappa shape index (κ3) is 3.79. The monoisotopic (exact) mass is 267 g/mol. The molecule has 1 aliphatic rings. The normalized spacial score (nSPS) is 22.5. The molecule has 102 valence electrons. The molecule has 0 aliphatic carbocycles. The summed E-state index contributed by atoms with van der Waals surface area (Å²) in [6.07, 6.45) is 0. The van der Waals surface area contributed by atoms with Gasteiger partial charge in [0.05, 0.1) is 0 Å². The fraction of sp³-hybridized carbons (Fsp3) is 0.714. The Hall–Kier alpha value is -0.420. The van der Waals surface area contributed by atoms with E-state index >= 15 is 0 Å². The summed E-state index contributed by atoms with van der Waals surface area (Å²) in [7, 11) is 2.21. The Kier molecular flexibility index (Phi) is 5.18. The molecule has 0 bridgehead atoms. The summed E-state index contributed by atoms with van der Waals surface area (Å²) in [4.78, 5) is 6.49. The molecule has 2 rings (SSSR count). The van der Waals surface area contributed by atoms with E-state index in [9.17, 15) is 0 Å². The van der Waals surface area contributed by atoms with Crippen LogP contribution in [0.15, 0.2) is 11.4 Å². The Bertz CT molecular complexity index is 364. The maximum absolute atomic E-state index is 3.56. The lowest BCUT2D eigenvalue weighted by Gasteiger charge is -2.38. The van der Waals surface area contributed by atoms with E-state index in [0.717, 1.165) is 13.1 Å². The fourth-order valence-corrected chi connectivity index (χ4v) is 3.40. The van der Waals surface area contributed by atoms with Gasteiger partial charge in [-0.3, -0.25) is 4.90 Å². The summed E-state index contributed by atoms with van der Waals surface area (Å²) in [5.74, 6) is 0. The minimum atomic E-state index is 0.689. The predicted octanol–water partition coefficient (Wildman–Crippen LogP) is 1.78. The summed E-state index contributed by atoms with van der Waals surface area (Å²) in [5.41, 5.74) is 1.42. The van der Waals surface area contributed by atoms with Gasteiger partial charge in [0.1, 0.15) is 0 Å². The summed E-state index contributed by atoms with van der Waals surface area (Å²) in [5, 5.41) is 5.74. The highest BCUT2D eigenvalue weighted by Crippen LogP contribution is 2.14. The van der Waals surface area contributed by atoms with Crippen LogP contribution >= 0.6 is 11.3 Å². The molecule has 3 nitrogen and oxygen atoms in total. The van der Waals surface area contributed by atoms with Crippen molar-refractivity contribution in [3.63, 3.8) is 0 Å². The molecule has 0 spiro atoms. The summed E-state index contributed by atoms with van der Waals surface area (Å²) >= 11 is 1.85. The molecule has 1 aliphatic heterocycles. The Morgan fingerprint density at radius 2 is 2.28 bits per heavy atom. The summed E-state index contributed by atoms with van der Waals surface area (Å²) in [6, 6.07) is 2.89. The van der Waals surface area contributed by atoms with Crippen molar-refractivity contribution < 1.29 is 0 Å². The fourth-order valence-electron chi connectivity index (χ4n) is 2.52. The van der Waals surface area contributed by atoms with Crippen LogP contribution < -0.4 is 5.32 Å². The van der Waals surface area contributed by atoms with Gasteiger partial charge in [0.15, 0.2) is 0 Å². The van der Waals surface area contributed by atoms with Crippen LogP contribution in [-0.2, 0) is 6.54 Å². The van der Waals surface area contributed by atoms with E-state index in [4.69, 9.17) is 0 Å². The zero-order chi connectivity index (χ0) is 13.0. The van der Waals surface area contributed by atoms with Gasteiger partial charge < -0.3 is 10.2 Å². The molecule has 0 saturated carbocycles. The van der Waals surface area contributed by atoms with Crippen LogP contribution in [0, 0.1) is 6.92 Å². The van der Waals surface area contributed by atoms with Crippen molar-refractivity contribution in [2.75, 3.05) is 39.8 Å². The second-order valence-corrected chi connectivity index (χ2v) is 6.35. The Morgan fingerprint density at radius 1 is 1.44 bits per heavy atom. The zero-order valence-electron chi connectivity index (χ0n) is 11.8. The van der Waals surface area contributed by atoms with Crippen LogP contribution in [0.2, 0.25) is 0 Å². The van der Waals surface area contributed by atoms with Crippen molar-refractivity contribution in [2.45, 2.75) is 26.4 Å². The predicted molar refractivity (Wildman–Crippen MR) is 79.3 cm³/mol. The first-order valence-electron chi connectivity index (χ1n) is 6.83. The molecule has 0 amide bonds. The Balaban J connectivity index is 1.65. The topological polar surface area (TPSA) is 18.5 Å².